The van der Waals surface area contributed by atoms with Crippen molar-refractivity contribution in [2.75, 3.05) is 25.0 Å². The Morgan fingerprint density at radius 2 is 0.865 bits per heavy atom. The lowest BCUT2D eigenvalue weighted by atomic mass is 9.98. The van der Waals surface area contributed by atoms with Crippen molar-refractivity contribution >= 4 is 141 Å². The Labute approximate surface area is 273 Å². The fourth-order valence-corrected chi connectivity index (χ4v) is 18.8. The molecular weight excluding hydrogens is 685 g/mol. The van der Waals surface area contributed by atoms with Crippen LogP contribution in [0.5, 0.6) is 0 Å². The molecule has 0 spiro atoms. The summed E-state index contributed by atoms with van der Waals surface area (Å²) in [4.78, 5) is 2.72. The van der Waals surface area contributed by atoms with E-state index in [1.165, 1.54) is 54.9 Å². The van der Waals surface area contributed by atoms with Gasteiger partial charge in [-0.05, 0) is 47.7 Å². The highest BCUT2D eigenvalue weighted by Gasteiger charge is 2.30. The van der Waals surface area contributed by atoms with Gasteiger partial charge < -0.3 is 0 Å². The Morgan fingerprint density at radius 3 is 1.14 bits per heavy atom. The van der Waals surface area contributed by atoms with Gasteiger partial charge in [0.1, 0.15) is 0 Å². The molecule has 0 aromatic rings. The number of hydrogen-bond donors (Lipinski definition) is 0. The minimum Gasteiger partial charge on any atom is -0.121 e. The minimum atomic E-state index is 0.416. The SMILES string of the molecule is CSC1=C(SC)SC(=C2SC=C(C(=C=C(C3=CSC(=C4SC(SC)=C(SC)S4)S3)C(C)C)C(C)C)S2)S1. The average molecular weight is 713 g/mol. The second kappa shape index (κ2) is 15.1. The number of thioether (sulfide) groups is 12. The number of hydrogen-bond acceptors (Lipinski definition) is 12. The third-order valence-electron chi connectivity index (χ3n) is 5.06. The van der Waals surface area contributed by atoms with E-state index in [1.807, 2.05) is 141 Å². The summed E-state index contributed by atoms with van der Waals surface area (Å²) >= 11 is 22.9. The highest BCUT2D eigenvalue weighted by atomic mass is 32.3. The molecule has 0 unspecified atom stereocenters. The zero-order valence-corrected chi connectivity index (χ0v) is 31.5. The molecule has 0 bridgehead atoms. The first-order chi connectivity index (χ1) is 17.8. The summed E-state index contributed by atoms with van der Waals surface area (Å²) in [7, 11) is 0. The van der Waals surface area contributed by atoms with Crippen molar-refractivity contribution in [1.29, 1.82) is 0 Å². The van der Waals surface area contributed by atoms with E-state index in [9.17, 15) is 0 Å². The van der Waals surface area contributed by atoms with E-state index in [1.54, 1.807) is 0 Å². The molecule has 0 saturated carbocycles. The van der Waals surface area contributed by atoms with E-state index in [-0.39, 0.29) is 0 Å². The lowest BCUT2D eigenvalue weighted by Crippen LogP contribution is -1.98. The molecule has 0 aromatic heterocycles. The van der Waals surface area contributed by atoms with E-state index in [0.29, 0.717) is 11.8 Å². The van der Waals surface area contributed by atoms with Gasteiger partial charge in [-0.1, -0.05) is 122 Å². The third-order valence-corrected chi connectivity index (χ3v) is 21.4. The maximum Gasteiger partial charge on any atom is 0.0717 e. The Bertz CT molecular complexity index is 1080. The molecule has 4 heterocycles. The van der Waals surface area contributed by atoms with Crippen molar-refractivity contribution in [1.82, 2.24) is 0 Å². The van der Waals surface area contributed by atoms with Crippen LogP contribution in [0.2, 0.25) is 0 Å². The lowest BCUT2D eigenvalue weighted by Gasteiger charge is -2.14. The molecular formula is C25H28S12. The molecule has 4 aliphatic rings. The Morgan fingerprint density at radius 1 is 0.541 bits per heavy atom. The molecule has 0 nitrogen and oxygen atoms in total. The van der Waals surface area contributed by atoms with Gasteiger partial charge in [0.15, 0.2) is 0 Å². The Balaban J connectivity index is 1.58. The van der Waals surface area contributed by atoms with Gasteiger partial charge in [0.25, 0.3) is 0 Å². The summed E-state index contributed by atoms with van der Waals surface area (Å²) < 4.78 is 11.4. The molecule has 0 aromatic carbocycles. The van der Waals surface area contributed by atoms with Gasteiger partial charge in [-0.15, -0.1) is 52.8 Å². The highest BCUT2D eigenvalue weighted by molar-refractivity contribution is 8.43. The molecule has 12 heteroatoms. The normalized spacial score (nSPS) is 20.3. The maximum atomic E-state index is 3.96. The first-order valence-corrected chi connectivity index (χ1v) is 22.8. The van der Waals surface area contributed by atoms with Crippen LogP contribution in [0.15, 0.2) is 71.4 Å². The van der Waals surface area contributed by atoms with Gasteiger partial charge in [-0.25, -0.2) is 0 Å². The zero-order chi connectivity index (χ0) is 26.7. The highest BCUT2D eigenvalue weighted by Crippen LogP contribution is 2.64. The molecule has 4 rings (SSSR count). The topological polar surface area (TPSA) is 0 Å². The van der Waals surface area contributed by atoms with Gasteiger partial charge >= 0.3 is 0 Å². The number of allylic oxidation sites excluding steroid dienone is 2. The third kappa shape index (κ3) is 7.77. The van der Waals surface area contributed by atoms with Crippen molar-refractivity contribution in [2.45, 2.75) is 27.7 Å². The van der Waals surface area contributed by atoms with Crippen molar-refractivity contribution in [3.8, 4) is 0 Å². The van der Waals surface area contributed by atoms with Crippen LogP contribution >= 0.6 is 141 Å². The molecule has 200 valence electrons. The largest absolute Gasteiger partial charge is 0.121 e. The molecule has 0 fully saturated rings. The van der Waals surface area contributed by atoms with Gasteiger partial charge in [0.05, 0.1) is 33.9 Å². The van der Waals surface area contributed by atoms with Crippen molar-refractivity contribution in [3.05, 3.63) is 71.4 Å². The smallest absolute Gasteiger partial charge is 0.0717 e. The van der Waals surface area contributed by atoms with Crippen LogP contribution in [-0.4, -0.2) is 25.0 Å². The summed E-state index contributed by atoms with van der Waals surface area (Å²) in [5.41, 5.74) is 6.63. The summed E-state index contributed by atoms with van der Waals surface area (Å²) in [5.74, 6) is 0.831. The minimum absolute atomic E-state index is 0.416. The molecule has 0 radical (unpaired) electrons. The summed E-state index contributed by atoms with van der Waals surface area (Å²) in [6, 6.07) is 0. The first-order valence-electron chi connectivity index (χ1n) is 11.2. The maximum absolute atomic E-state index is 3.96. The van der Waals surface area contributed by atoms with Crippen molar-refractivity contribution in [2.24, 2.45) is 11.8 Å². The molecule has 4 aliphatic heterocycles. The Hall–Kier alpha value is 2.16. The van der Waals surface area contributed by atoms with Gasteiger partial charge in [0, 0.05) is 21.0 Å². The lowest BCUT2D eigenvalue weighted by molar-refractivity contribution is 0.771. The van der Waals surface area contributed by atoms with Gasteiger partial charge in [0.2, 0.25) is 0 Å². The van der Waals surface area contributed by atoms with Crippen LogP contribution in [0.4, 0.5) is 0 Å². The fraction of sp³-hybridized carbons (Fsp3) is 0.400. The van der Waals surface area contributed by atoms with E-state index < -0.39 is 0 Å². The molecule has 0 saturated heterocycles. The monoisotopic (exact) mass is 712 g/mol. The summed E-state index contributed by atoms with van der Waals surface area (Å²) in [6.07, 6.45) is 8.73. The molecule has 0 atom stereocenters. The van der Waals surface area contributed by atoms with Crippen LogP contribution in [0.3, 0.4) is 0 Å². The molecule has 0 amide bonds. The van der Waals surface area contributed by atoms with E-state index in [2.05, 4.69) is 69.3 Å². The van der Waals surface area contributed by atoms with Crippen LogP contribution in [-0.2, 0) is 0 Å². The van der Waals surface area contributed by atoms with Gasteiger partial charge in [-0.2, -0.15) is 0 Å². The van der Waals surface area contributed by atoms with Crippen LogP contribution < -0.4 is 0 Å². The number of rotatable bonds is 8. The predicted molar refractivity (Wildman–Crippen MR) is 199 cm³/mol. The molecule has 0 aliphatic carbocycles. The summed E-state index contributed by atoms with van der Waals surface area (Å²) in [5, 5.41) is 4.71. The average Bonchev–Trinajstić information content (AvgIpc) is 3.68. The van der Waals surface area contributed by atoms with E-state index in [0.717, 1.165) is 0 Å². The van der Waals surface area contributed by atoms with Crippen LogP contribution in [0.1, 0.15) is 27.7 Å². The van der Waals surface area contributed by atoms with Crippen LogP contribution in [0.25, 0.3) is 0 Å². The van der Waals surface area contributed by atoms with Gasteiger partial charge in [-0.3, -0.25) is 0 Å². The first kappa shape index (κ1) is 32.1. The quantitative estimate of drug-likeness (QED) is 0.220. The zero-order valence-electron chi connectivity index (χ0n) is 21.7. The second-order valence-electron chi connectivity index (χ2n) is 8.19. The summed E-state index contributed by atoms with van der Waals surface area (Å²) in [6.45, 7) is 9.22. The van der Waals surface area contributed by atoms with Crippen molar-refractivity contribution in [3.63, 3.8) is 0 Å². The molecule has 37 heavy (non-hydrogen) atoms. The fourth-order valence-electron chi connectivity index (χ4n) is 3.26. The standard InChI is InChI=1S/C25H28S12/c1-12(2)14(16-10-30-22(32-16)24-34-18(26-5)19(27-6)35-24)9-15(13(3)4)17-11-31-23(33-17)25-36-20(28-7)21(29-8)37-25/h10-13H,1-8H3. The molecule has 0 N–H and O–H groups in total. The second-order valence-corrected chi connectivity index (χ2v) is 21.5. The van der Waals surface area contributed by atoms with Crippen molar-refractivity contribution < 1.29 is 0 Å². The Kier molecular flexibility index (Phi) is 13.1. The van der Waals surface area contributed by atoms with E-state index >= 15 is 0 Å². The predicted octanol–water partition coefficient (Wildman–Crippen LogP) is 13.3. The van der Waals surface area contributed by atoms with Crippen LogP contribution in [0, 0.1) is 11.8 Å². The van der Waals surface area contributed by atoms with E-state index in [4.69, 9.17) is 0 Å².